The summed E-state index contributed by atoms with van der Waals surface area (Å²) in [5.74, 6) is -1.11. The molecule has 0 radical (unpaired) electrons. The van der Waals surface area contributed by atoms with E-state index in [0.29, 0.717) is 5.56 Å². The topological polar surface area (TPSA) is 94.9 Å². The average molecular weight is 280 g/mol. The fourth-order valence-corrected chi connectivity index (χ4v) is 1.75. The van der Waals surface area contributed by atoms with Gasteiger partial charge in [0, 0.05) is 16.0 Å². The zero-order valence-electron chi connectivity index (χ0n) is 11.3. The molecule has 0 saturated heterocycles. The molecule has 0 atom stereocenters. The normalized spacial score (nSPS) is 9.57. The molecule has 0 aromatic heterocycles. The number of aryl methyl sites for hydroxylation is 1. The van der Waals surface area contributed by atoms with Gasteiger partial charge >= 0.3 is 0 Å². The standard InChI is InChI=1S/C15H12N4O2/c1-10-6-8-11(9-7-10)14(20)17-15(21)12-4-2-3-5-13(12)18-19-16/h2-9H,1H3,(H,17,20,21). The predicted molar refractivity (Wildman–Crippen MR) is 78.2 cm³/mol. The molecule has 0 aliphatic rings. The molecule has 0 unspecified atom stereocenters. The van der Waals surface area contributed by atoms with Gasteiger partial charge in [-0.15, -0.1) is 0 Å². The minimum absolute atomic E-state index is 0.149. The van der Waals surface area contributed by atoms with Gasteiger partial charge in [-0.1, -0.05) is 41.0 Å². The minimum atomic E-state index is -0.608. The third-order valence-electron chi connectivity index (χ3n) is 2.84. The summed E-state index contributed by atoms with van der Waals surface area (Å²) in [6.45, 7) is 1.91. The Balaban J connectivity index is 2.20. The van der Waals surface area contributed by atoms with Gasteiger partial charge in [0.05, 0.1) is 5.69 Å². The van der Waals surface area contributed by atoms with Gasteiger partial charge in [-0.2, -0.15) is 0 Å². The van der Waals surface area contributed by atoms with Crippen LogP contribution in [-0.4, -0.2) is 11.8 Å². The van der Waals surface area contributed by atoms with Crippen molar-refractivity contribution in [2.75, 3.05) is 0 Å². The van der Waals surface area contributed by atoms with Crippen molar-refractivity contribution in [3.63, 3.8) is 0 Å². The SMILES string of the molecule is Cc1ccc(C(=O)NC(=O)c2ccccc2N=[N+]=[N-])cc1. The zero-order valence-corrected chi connectivity index (χ0v) is 11.3. The van der Waals surface area contributed by atoms with Crippen molar-refractivity contribution < 1.29 is 9.59 Å². The number of benzene rings is 2. The van der Waals surface area contributed by atoms with Crippen LogP contribution in [0, 0.1) is 6.92 Å². The summed E-state index contributed by atoms with van der Waals surface area (Å²) in [5, 5.41) is 5.70. The van der Waals surface area contributed by atoms with Crippen LogP contribution < -0.4 is 5.32 Å². The Kier molecular flexibility index (Phi) is 4.33. The summed E-state index contributed by atoms with van der Waals surface area (Å²) < 4.78 is 0. The van der Waals surface area contributed by atoms with Crippen molar-refractivity contribution in [2.24, 2.45) is 5.11 Å². The monoisotopic (exact) mass is 280 g/mol. The number of nitrogens with one attached hydrogen (secondary N) is 1. The lowest BCUT2D eigenvalue weighted by molar-refractivity contribution is 0.0850. The molecule has 0 aliphatic heterocycles. The highest BCUT2D eigenvalue weighted by atomic mass is 16.2. The second-order valence-corrected chi connectivity index (χ2v) is 4.36. The van der Waals surface area contributed by atoms with Crippen LogP contribution in [0.5, 0.6) is 0 Å². The van der Waals surface area contributed by atoms with Gasteiger partial charge in [0.25, 0.3) is 11.8 Å². The molecule has 6 nitrogen and oxygen atoms in total. The lowest BCUT2D eigenvalue weighted by Crippen LogP contribution is -2.30. The number of amides is 2. The Morgan fingerprint density at radius 2 is 1.71 bits per heavy atom. The number of imide groups is 1. The van der Waals surface area contributed by atoms with Crippen molar-refractivity contribution in [1.82, 2.24) is 5.32 Å². The van der Waals surface area contributed by atoms with Gasteiger partial charge in [0.15, 0.2) is 0 Å². The Bertz CT molecular complexity index is 732. The van der Waals surface area contributed by atoms with E-state index < -0.39 is 11.8 Å². The van der Waals surface area contributed by atoms with E-state index in [1.807, 2.05) is 6.92 Å². The fourth-order valence-electron chi connectivity index (χ4n) is 1.75. The number of hydrogen-bond acceptors (Lipinski definition) is 3. The van der Waals surface area contributed by atoms with E-state index in [1.54, 1.807) is 36.4 Å². The van der Waals surface area contributed by atoms with Gasteiger partial charge in [-0.3, -0.25) is 14.9 Å². The first-order chi connectivity index (χ1) is 10.1. The van der Waals surface area contributed by atoms with Crippen LogP contribution in [0.15, 0.2) is 53.6 Å². The highest BCUT2D eigenvalue weighted by Gasteiger charge is 2.14. The molecule has 104 valence electrons. The van der Waals surface area contributed by atoms with Crippen molar-refractivity contribution >= 4 is 17.5 Å². The Morgan fingerprint density at radius 3 is 2.38 bits per heavy atom. The minimum Gasteiger partial charge on any atom is -0.288 e. The molecule has 2 aromatic rings. The van der Waals surface area contributed by atoms with Crippen LogP contribution >= 0.6 is 0 Å². The molecule has 0 aliphatic carbocycles. The molecule has 1 N–H and O–H groups in total. The van der Waals surface area contributed by atoms with Gasteiger partial charge in [0.1, 0.15) is 0 Å². The van der Waals surface area contributed by atoms with E-state index in [2.05, 4.69) is 15.3 Å². The highest BCUT2D eigenvalue weighted by Crippen LogP contribution is 2.18. The Hall–Kier alpha value is -3.11. The molecule has 0 spiro atoms. The van der Waals surface area contributed by atoms with E-state index in [-0.39, 0.29) is 11.3 Å². The summed E-state index contributed by atoms with van der Waals surface area (Å²) >= 11 is 0. The predicted octanol–water partition coefficient (Wildman–Crippen LogP) is 3.51. The zero-order chi connectivity index (χ0) is 15.2. The number of carbonyl (C=O) groups is 2. The molecule has 0 bridgehead atoms. The van der Waals surface area contributed by atoms with Crippen LogP contribution in [-0.2, 0) is 0 Å². The first-order valence-electron chi connectivity index (χ1n) is 6.18. The molecule has 0 saturated carbocycles. The third kappa shape index (κ3) is 3.46. The second-order valence-electron chi connectivity index (χ2n) is 4.36. The molecule has 21 heavy (non-hydrogen) atoms. The van der Waals surface area contributed by atoms with Crippen LogP contribution in [0.1, 0.15) is 26.3 Å². The van der Waals surface area contributed by atoms with E-state index in [1.165, 1.54) is 12.1 Å². The van der Waals surface area contributed by atoms with Crippen LogP contribution in [0.25, 0.3) is 10.4 Å². The first-order valence-corrected chi connectivity index (χ1v) is 6.18. The molecule has 2 amide bonds. The van der Waals surface area contributed by atoms with Crippen molar-refractivity contribution in [2.45, 2.75) is 6.92 Å². The molecule has 2 rings (SSSR count). The average Bonchev–Trinajstić information content (AvgIpc) is 2.48. The van der Waals surface area contributed by atoms with Crippen molar-refractivity contribution in [1.29, 1.82) is 0 Å². The Labute approximate surface area is 121 Å². The Morgan fingerprint density at radius 1 is 1.05 bits per heavy atom. The number of hydrogen-bond donors (Lipinski definition) is 1. The highest BCUT2D eigenvalue weighted by molar-refractivity contribution is 6.12. The van der Waals surface area contributed by atoms with E-state index in [0.717, 1.165) is 5.56 Å². The quantitative estimate of drug-likeness (QED) is 0.403. The van der Waals surface area contributed by atoms with E-state index >= 15 is 0 Å². The van der Waals surface area contributed by atoms with Crippen molar-refractivity contribution in [3.8, 4) is 0 Å². The number of nitrogens with zero attached hydrogens (tertiary/aromatic N) is 3. The molecule has 6 heteroatoms. The summed E-state index contributed by atoms with van der Waals surface area (Å²) in [5.41, 5.74) is 10.2. The number of azide groups is 1. The molecule has 0 heterocycles. The maximum atomic E-state index is 12.1. The third-order valence-corrected chi connectivity index (χ3v) is 2.84. The number of rotatable bonds is 3. The van der Waals surface area contributed by atoms with Crippen molar-refractivity contribution in [3.05, 3.63) is 75.7 Å². The smallest absolute Gasteiger partial charge is 0.258 e. The molecular formula is C15H12N4O2. The van der Waals surface area contributed by atoms with E-state index in [9.17, 15) is 9.59 Å². The molecular weight excluding hydrogens is 268 g/mol. The summed E-state index contributed by atoms with van der Waals surface area (Å²) in [6.07, 6.45) is 0. The first kappa shape index (κ1) is 14.3. The van der Waals surface area contributed by atoms with E-state index in [4.69, 9.17) is 5.53 Å². The summed E-state index contributed by atoms with van der Waals surface area (Å²) in [4.78, 5) is 26.7. The van der Waals surface area contributed by atoms with Gasteiger partial charge in [-0.05, 0) is 30.7 Å². The maximum absolute atomic E-state index is 12.1. The van der Waals surface area contributed by atoms with Crippen LogP contribution in [0.2, 0.25) is 0 Å². The fraction of sp³-hybridized carbons (Fsp3) is 0.0667. The van der Waals surface area contributed by atoms with Crippen LogP contribution in [0.4, 0.5) is 5.69 Å². The van der Waals surface area contributed by atoms with Gasteiger partial charge in [0.2, 0.25) is 0 Å². The molecule has 2 aromatic carbocycles. The number of carbonyl (C=O) groups excluding carboxylic acids is 2. The largest absolute Gasteiger partial charge is 0.288 e. The lowest BCUT2D eigenvalue weighted by atomic mass is 10.1. The van der Waals surface area contributed by atoms with Gasteiger partial charge in [-0.25, -0.2) is 0 Å². The van der Waals surface area contributed by atoms with Crippen LogP contribution in [0.3, 0.4) is 0 Å². The second kappa shape index (κ2) is 6.36. The molecule has 0 fully saturated rings. The summed E-state index contributed by atoms with van der Waals surface area (Å²) in [6, 6.07) is 13.1. The summed E-state index contributed by atoms with van der Waals surface area (Å²) in [7, 11) is 0. The lowest BCUT2D eigenvalue weighted by Gasteiger charge is -2.06. The van der Waals surface area contributed by atoms with Gasteiger partial charge < -0.3 is 0 Å². The maximum Gasteiger partial charge on any atom is 0.258 e.